The first-order chi connectivity index (χ1) is 10.8. The normalized spacial score (nSPS) is 11.2. The number of aromatic nitrogens is 2. The smallest absolute Gasteiger partial charge is 0.333 e. The molecule has 0 aliphatic carbocycles. The number of hydrogen-bond donors (Lipinski definition) is 3. The van der Waals surface area contributed by atoms with Crippen molar-refractivity contribution in [1.82, 2.24) is 9.78 Å². The molecule has 0 aliphatic heterocycles. The number of aliphatic carboxylic acids is 3. The zero-order valence-electron chi connectivity index (χ0n) is 11.5. The number of nitrogens with zero attached hydrogens (tertiary/aromatic N) is 2. The molecule has 9 heteroatoms. The molecule has 120 valence electrons. The summed E-state index contributed by atoms with van der Waals surface area (Å²) in [5, 5.41) is 31.7. The van der Waals surface area contributed by atoms with Crippen LogP contribution < -0.4 is 0 Å². The molecule has 1 aromatic carbocycles. The van der Waals surface area contributed by atoms with Crippen molar-refractivity contribution in [2.24, 2.45) is 5.41 Å². The quantitative estimate of drug-likeness (QED) is 0.677. The van der Waals surface area contributed by atoms with Crippen molar-refractivity contribution in [2.75, 3.05) is 0 Å². The summed E-state index contributed by atoms with van der Waals surface area (Å²) in [6.45, 7) is 0. The summed E-state index contributed by atoms with van der Waals surface area (Å²) >= 11 is 5.77. The fourth-order valence-corrected chi connectivity index (χ4v) is 2.12. The number of benzene rings is 1. The average molecular weight is 339 g/mol. The number of carboxylic acid groups (broad SMARTS) is 3. The monoisotopic (exact) mass is 338 g/mol. The Kier molecular flexibility index (Phi) is 4.37. The van der Waals surface area contributed by atoms with E-state index >= 15 is 0 Å². The summed E-state index contributed by atoms with van der Waals surface area (Å²) in [4.78, 5) is 33.7. The fourth-order valence-electron chi connectivity index (χ4n) is 1.99. The Balaban J connectivity index is 2.36. The molecule has 0 radical (unpaired) electrons. The second-order valence-corrected chi connectivity index (χ2v) is 5.20. The van der Waals surface area contributed by atoms with E-state index in [0.29, 0.717) is 10.7 Å². The average Bonchev–Trinajstić information content (AvgIpc) is 2.92. The lowest BCUT2D eigenvalue weighted by molar-refractivity contribution is -0.175. The van der Waals surface area contributed by atoms with Crippen LogP contribution in [0, 0.1) is 5.41 Å². The van der Waals surface area contributed by atoms with Crippen LogP contribution in [0.3, 0.4) is 0 Å². The molecule has 1 heterocycles. The van der Waals surface area contributed by atoms with Crippen molar-refractivity contribution in [3.05, 3.63) is 47.2 Å². The number of hydrogen-bond acceptors (Lipinski definition) is 4. The molecule has 8 nitrogen and oxygen atoms in total. The van der Waals surface area contributed by atoms with Gasteiger partial charge in [-0.05, 0) is 29.8 Å². The van der Waals surface area contributed by atoms with Gasteiger partial charge < -0.3 is 15.3 Å². The Morgan fingerprint density at radius 1 is 1.04 bits per heavy atom. The van der Waals surface area contributed by atoms with E-state index in [-0.39, 0.29) is 5.56 Å². The van der Waals surface area contributed by atoms with Crippen LogP contribution in [0.15, 0.2) is 36.7 Å². The van der Waals surface area contributed by atoms with Crippen molar-refractivity contribution in [3.8, 4) is 5.69 Å². The largest absolute Gasteiger partial charge is 0.480 e. The standard InChI is InChI=1S/C14H11ClN2O6/c15-9-1-3-10(4-2-9)17-7-8(6-16-17)5-14(11(18)19,12(20)21)13(22)23/h1-4,6-7H,5H2,(H,18,19)(H,20,21)(H,22,23). The predicted octanol–water partition coefficient (Wildman–Crippen LogP) is 1.31. The van der Waals surface area contributed by atoms with Gasteiger partial charge in [0, 0.05) is 17.6 Å². The molecule has 0 amide bonds. The van der Waals surface area contributed by atoms with Crippen LogP contribution in [0.1, 0.15) is 5.56 Å². The Labute approximate surface area is 134 Å². The van der Waals surface area contributed by atoms with Crippen LogP contribution in [0.2, 0.25) is 5.02 Å². The molecule has 3 N–H and O–H groups in total. The molecule has 23 heavy (non-hydrogen) atoms. The summed E-state index contributed by atoms with van der Waals surface area (Å²) < 4.78 is 1.36. The highest BCUT2D eigenvalue weighted by Crippen LogP contribution is 2.25. The van der Waals surface area contributed by atoms with Gasteiger partial charge in [0.15, 0.2) is 0 Å². The molecule has 0 fully saturated rings. The van der Waals surface area contributed by atoms with E-state index in [0.717, 1.165) is 0 Å². The van der Waals surface area contributed by atoms with Gasteiger partial charge >= 0.3 is 17.9 Å². The van der Waals surface area contributed by atoms with E-state index in [1.54, 1.807) is 24.3 Å². The second-order valence-electron chi connectivity index (χ2n) is 4.77. The maximum absolute atomic E-state index is 11.2. The summed E-state index contributed by atoms with van der Waals surface area (Å²) in [6.07, 6.45) is 1.85. The Morgan fingerprint density at radius 3 is 2.04 bits per heavy atom. The van der Waals surface area contributed by atoms with E-state index in [1.165, 1.54) is 17.1 Å². The zero-order chi connectivity index (χ0) is 17.2. The number of halogens is 1. The van der Waals surface area contributed by atoms with Crippen LogP contribution in [-0.2, 0) is 20.8 Å². The van der Waals surface area contributed by atoms with E-state index in [4.69, 9.17) is 26.9 Å². The lowest BCUT2D eigenvalue weighted by Gasteiger charge is -2.18. The number of carbonyl (C=O) groups is 3. The third-order valence-corrected chi connectivity index (χ3v) is 3.54. The van der Waals surface area contributed by atoms with E-state index < -0.39 is 29.7 Å². The molecule has 0 bridgehead atoms. The van der Waals surface area contributed by atoms with Crippen LogP contribution >= 0.6 is 11.6 Å². The van der Waals surface area contributed by atoms with Gasteiger partial charge in [-0.25, -0.2) is 4.68 Å². The first-order valence-corrected chi connectivity index (χ1v) is 6.65. The van der Waals surface area contributed by atoms with Gasteiger partial charge in [-0.15, -0.1) is 0 Å². The van der Waals surface area contributed by atoms with Crippen LogP contribution in [-0.4, -0.2) is 43.0 Å². The highest BCUT2D eigenvalue weighted by atomic mass is 35.5. The summed E-state index contributed by atoms with van der Waals surface area (Å²) in [6, 6.07) is 6.54. The molecular formula is C14H11ClN2O6. The SMILES string of the molecule is O=C(O)C(Cc1cnn(-c2ccc(Cl)cc2)c1)(C(=O)O)C(=O)O. The Bertz CT molecular complexity index is 732. The summed E-state index contributed by atoms with van der Waals surface area (Å²) in [5.41, 5.74) is -2.20. The molecule has 1 aromatic heterocycles. The van der Waals surface area contributed by atoms with Crippen molar-refractivity contribution in [2.45, 2.75) is 6.42 Å². The Morgan fingerprint density at radius 2 is 1.57 bits per heavy atom. The van der Waals surface area contributed by atoms with Gasteiger partial charge in [0.25, 0.3) is 5.41 Å². The van der Waals surface area contributed by atoms with E-state index in [2.05, 4.69) is 5.10 Å². The van der Waals surface area contributed by atoms with Crippen LogP contribution in [0.5, 0.6) is 0 Å². The van der Waals surface area contributed by atoms with Crippen molar-refractivity contribution in [1.29, 1.82) is 0 Å². The minimum absolute atomic E-state index is 0.159. The first kappa shape index (κ1) is 16.5. The molecule has 2 aromatic rings. The van der Waals surface area contributed by atoms with Crippen LogP contribution in [0.4, 0.5) is 0 Å². The summed E-state index contributed by atoms with van der Waals surface area (Å²) in [7, 11) is 0. The van der Waals surface area contributed by atoms with Gasteiger partial charge in [0.05, 0.1) is 11.9 Å². The molecule has 0 saturated heterocycles. The van der Waals surface area contributed by atoms with Crippen molar-refractivity contribution >= 4 is 29.5 Å². The molecular weight excluding hydrogens is 328 g/mol. The molecule has 0 aliphatic rings. The third kappa shape index (κ3) is 3.02. The molecule has 0 atom stereocenters. The minimum Gasteiger partial charge on any atom is -0.480 e. The molecule has 0 spiro atoms. The highest BCUT2D eigenvalue weighted by Gasteiger charge is 2.54. The maximum atomic E-state index is 11.2. The molecule has 0 unspecified atom stereocenters. The van der Waals surface area contributed by atoms with Gasteiger partial charge in [-0.3, -0.25) is 14.4 Å². The predicted molar refractivity (Wildman–Crippen MR) is 77.6 cm³/mol. The maximum Gasteiger partial charge on any atom is 0.333 e. The number of rotatable bonds is 6. The van der Waals surface area contributed by atoms with Gasteiger partial charge in [-0.2, -0.15) is 5.10 Å². The van der Waals surface area contributed by atoms with Crippen molar-refractivity contribution in [3.63, 3.8) is 0 Å². The van der Waals surface area contributed by atoms with Gasteiger partial charge in [-0.1, -0.05) is 11.6 Å². The van der Waals surface area contributed by atoms with E-state index in [1.807, 2.05) is 0 Å². The van der Waals surface area contributed by atoms with Crippen molar-refractivity contribution < 1.29 is 29.7 Å². The van der Waals surface area contributed by atoms with Gasteiger partial charge in [0.2, 0.25) is 0 Å². The third-order valence-electron chi connectivity index (χ3n) is 3.29. The van der Waals surface area contributed by atoms with Gasteiger partial charge in [0.1, 0.15) is 0 Å². The molecule has 2 rings (SSSR count). The lowest BCUT2D eigenvalue weighted by atomic mass is 9.82. The first-order valence-electron chi connectivity index (χ1n) is 6.27. The minimum atomic E-state index is -2.96. The zero-order valence-corrected chi connectivity index (χ0v) is 12.3. The lowest BCUT2D eigenvalue weighted by Crippen LogP contribution is -2.48. The number of carboxylic acids is 3. The fraction of sp³-hybridized carbons (Fsp3) is 0.143. The second kappa shape index (κ2) is 6.09. The van der Waals surface area contributed by atoms with Crippen LogP contribution in [0.25, 0.3) is 5.69 Å². The molecule has 0 saturated carbocycles. The Hall–Kier alpha value is -2.87. The topological polar surface area (TPSA) is 130 Å². The summed E-state index contributed by atoms with van der Waals surface area (Å²) in [5.74, 6) is -5.84. The van der Waals surface area contributed by atoms with E-state index in [9.17, 15) is 14.4 Å². The highest BCUT2D eigenvalue weighted by molar-refractivity contribution is 6.30.